The molecule has 0 spiro atoms. The fourth-order valence-corrected chi connectivity index (χ4v) is 10.3. The van der Waals surface area contributed by atoms with Crippen molar-refractivity contribution < 1.29 is 9.53 Å². The van der Waals surface area contributed by atoms with Crippen molar-refractivity contribution in [2.75, 3.05) is 0 Å². The molecule has 4 aliphatic carbocycles. The number of esters is 1. The number of hydrogen-bond acceptors (Lipinski definition) is 3. The molecule has 4 aliphatic rings. The first-order valence-electron chi connectivity index (χ1n) is 14.7. The average molecular weight is 470 g/mol. The topological polar surface area (TPSA) is 50.1 Å². The molecule has 0 unspecified atom stereocenters. The minimum Gasteiger partial charge on any atom is -0.462 e. The number of ether oxygens (including phenoxy) is 1. The first-order chi connectivity index (χ1) is 16.2. The minimum atomic E-state index is -0.0673. The van der Waals surface area contributed by atoms with Gasteiger partial charge in [-0.15, -0.1) is 0 Å². The van der Waals surface area contributed by atoms with Crippen LogP contribution in [0.3, 0.4) is 0 Å². The van der Waals surface area contributed by atoms with Crippen LogP contribution < -0.4 is 0 Å². The molecule has 11 atom stereocenters. The first-order valence-corrected chi connectivity index (χ1v) is 14.7. The van der Waals surface area contributed by atoms with Crippen LogP contribution in [0.1, 0.15) is 119 Å². The van der Waals surface area contributed by atoms with Crippen molar-refractivity contribution in [1.29, 1.82) is 5.26 Å². The predicted molar refractivity (Wildman–Crippen MR) is 138 cm³/mol. The van der Waals surface area contributed by atoms with Crippen LogP contribution in [0.2, 0.25) is 0 Å². The lowest BCUT2D eigenvalue weighted by Gasteiger charge is -2.65. The Bertz CT molecular complexity index is 772. The summed E-state index contributed by atoms with van der Waals surface area (Å²) in [6.07, 6.45) is 14.8. The molecule has 0 aromatic rings. The molecule has 3 nitrogen and oxygen atoms in total. The third kappa shape index (κ3) is 4.35. The fourth-order valence-electron chi connectivity index (χ4n) is 10.3. The standard InChI is InChI=1S/C31H51NO2/c1-7-23-27-19-20(2)14-16-31(27,6)26-15-17-30(5)24(21(3)11-9-8-10-18-32)12-13-25(30)28(26)29(23)34-22(4)33/h20-21,23-29H,7-17,19H2,1-6H3/t20-,21-,23-,24-,25+,26+,27+,28+,29-,30-,31-/m1/s1. The third-order valence-electron chi connectivity index (χ3n) is 11.9. The van der Waals surface area contributed by atoms with Gasteiger partial charge in [-0.2, -0.15) is 5.26 Å². The zero-order valence-corrected chi connectivity index (χ0v) is 22.9. The number of hydrogen-bond donors (Lipinski definition) is 0. The molecule has 34 heavy (non-hydrogen) atoms. The summed E-state index contributed by atoms with van der Waals surface area (Å²) in [5.74, 6) is 5.38. The summed E-state index contributed by atoms with van der Waals surface area (Å²) in [6, 6.07) is 2.31. The molecule has 3 heteroatoms. The van der Waals surface area contributed by atoms with E-state index >= 15 is 0 Å². The van der Waals surface area contributed by atoms with Gasteiger partial charge in [0.2, 0.25) is 0 Å². The van der Waals surface area contributed by atoms with E-state index in [0.717, 1.165) is 30.6 Å². The minimum absolute atomic E-state index is 0.0673. The largest absolute Gasteiger partial charge is 0.462 e. The smallest absolute Gasteiger partial charge is 0.302 e. The number of carbonyl (C=O) groups excluding carboxylic acids is 1. The van der Waals surface area contributed by atoms with Crippen molar-refractivity contribution >= 4 is 5.97 Å². The van der Waals surface area contributed by atoms with Crippen LogP contribution >= 0.6 is 0 Å². The Hall–Kier alpha value is -1.04. The molecule has 4 saturated carbocycles. The Balaban J connectivity index is 1.63. The van der Waals surface area contributed by atoms with Gasteiger partial charge in [0, 0.05) is 19.3 Å². The van der Waals surface area contributed by atoms with Gasteiger partial charge in [0.05, 0.1) is 6.07 Å². The molecule has 0 radical (unpaired) electrons. The first kappa shape index (κ1) is 26.0. The monoisotopic (exact) mass is 469 g/mol. The summed E-state index contributed by atoms with van der Waals surface area (Å²) >= 11 is 0. The molecule has 0 bridgehead atoms. The van der Waals surface area contributed by atoms with Gasteiger partial charge in [-0.05, 0) is 104 Å². The highest BCUT2D eigenvalue weighted by molar-refractivity contribution is 5.66. The quantitative estimate of drug-likeness (QED) is 0.279. The van der Waals surface area contributed by atoms with Crippen molar-refractivity contribution in [2.45, 2.75) is 125 Å². The summed E-state index contributed by atoms with van der Waals surface area (Å²) in [5, 5.41) is 8.91. The van der Waals surface area contributed by atoms with Gasteiger partial charge in [-0.25, -0.2) is 0 Å². The van der Waals surface area contributed by atoms with Crippen molar-refractivity contribution in [3.63, 3.8) is 0 Å². The number of nitriles is 1. The van der Waals surface area contributed by atoms with Crippen molar-refractivity contribution in [3.8, 4) is 6.07 Å². The molecular weight excluding hydrogens is 418 g/mol. The van der Waals surface area contributed by atoms with Gasteiger partial charge in [-0.3, -0.25) is 4.79 Å². The Morgan fingerprint density at radius 2 is 1.76 bits per heavy atom. The molecule has 0 amide bonds. The zero-order valence-electron chi connectivity index (χ0n) is 22.9. The Morgan fingerprint density at radius 1 is 1.06 bits per heavy atom. The van der Waals surface area contributed by atoms with Crippen LogP contribution in [0, 0.1) is 69.5 Å². The van der Waals surface area contributed by atoms with E-state index in [1.165, 1.54) is 57.8 Å². The normalized spacial score (nSPS) is 46.5. The summed E-state index contributed by atoms with van der Waals surface area (Å²) in [7, 11) is 0. The van der Waals surface area contributed by atoms with Crippen LogP contribution in [0.5, 0.6) is 0 Å². The Morgan fingerprint density at radius 3 is 2.44 bits per heavy atom. The van der Waals surface area contributed by atoms with E-state index in [4.69, 9.17) is 10.00 Å². The molecule has 4 fully saturated rings. The second kappa shape index (κ2) is 10.1. The molecule has 0 N–H and O–H groups in total. The number of nitrogens with zero attached hydrogens (tertiary/aromatic N) is 1. The Labute approximate surface area is 209 Å². The van der Waals surface area contributed by atoms with Crippen LogP contribution in [-0.2, 0) is 9.53 Å². The summed E-state index contributed by atoms with van der Waals surface area (Å²) in [5.41, 5.74) is 0.786. The van der Waals surface area contributed by atoms with E-state index in [2.05, 4.69) is 40.7 Å². The zero-order chi connectivity index (χ0) is 24.7. The van der Waals surface area contributed by atoms with Gasteiger partial charge in [0.15, 0.2) is 0 Å². The molecule has 0 heterocycles. The van der Waals surface area contributed by atoms with Gasteiger partial charge >= 0.3 is 5.97 Å². The van der Waals surface area contributed by atoms with Gasteiger partial charge in [-0.1, -0.05) is 53.9 Å². The van der Waals surface area contributed by atoms with Gasteiger partial charge in [0.25, 0.3) is 0 Å². The third-order valence-corrected chi connectivity index (χ3v) is 11.9. The number of rotatable bonds is 7. The lowest BCUT2D eigenvalue weighted by Crippen LogP contribution is -2.62. The molecule has 0 aromatic heterocycles. The van der Waals surface area contributed by atoms with Crippen LogP contribution in [0.25, 0.3) is 0 Å². The van der Waals surface area contributed by atoms with Gasteiger partial charge < -0.3 is 4.74 Å². The van der Waals surface area contributed by atoms with Crippen LogP contribution in [0.15, 0.2) is 0 Å². The maximum absolute atomic E-state index is 12.4. The maximum Gasteiger partial charge on any atom is 0.302 e. The lowest BCUT2D eigenvalue weighted by molar-refractivity contribution is -0.213. The molecule has 0 aromatic carbocycles. The number of carbonyl (C=O) groups is 1. The van der Waals surface area contributed by atoms with Crippen molar-refractivity contribution in [3.05, 3.63) is 0 Å². The number of unbranched alkanes of at least 4 members (excludes halogenated alkanes) is 2. The fraction of sp³-hybridized carbons (Fsp3) is 0.935. The lowest BCUT2D eigenvalue weighted by atomic mass is 9.41. The molecular formula is C31H51NO2. The van der Waals surface area contributed by atoms with E-state index in [1.54, 1.807) is 6.92 Å². The predicted octanol–water partition coefficient (Wildman–Crippen LogP) is 8.18. The second-order valence-corrected chi connectivity index (χ2v) is 13.5. The highest BCUT2D eigenvalue weighted by atomic mass is 16.5. The van der Waals surface area contributed by atoms with E-state index in [-0.39, 0.29) is 12.1 Å². The van der Waals surface area contributed by atoms with Crippen LogP contribution in [0.4, 0.5) is 0 Å². The molecule has 4 rings (SSSR count). The van der Waals surface area contributed by atoms with Gasteiger partial charge in [0.1, 0.15) is 6.10 Å². The van der Waals surface area contributed by atoms with Crippen molar-refractivity contribution in [2.24, 2.45) is 58.2 Å². The molecule has 0 aliphatic heterocycles. The SMILES string of the molecule is CC[C@H]1[C@@H](OC(C)=O)[C@@H]2[C@H](CC[C@]3(C)[C@@H]([C@H](C)CCCCC#N)CC[C@@H]23)[C@@]2(C)CC[C@@H](C)C[C@@H]12. The highest BCUT2D eigenvalue weighted by Gasteiger charge is 2.65. The average Bonchev–Trinajstić information content (AvgIpc) is 3.14. The number of fused-ring (bicyclic) bond motifs is 5. The van der Waals surface area contributed by atoms with Crippen molar-refractivity contribution in [1.82, 2.24) is 0 Å². The van der Waals surface area contributed by atoms with E-state index in [0.29, 0.717) is 46.8 Å². The summed E-state index contributed by atoms with van der Waals surface area (Å²) in [6.45, 7) is 14.2. The molecule has 192 valence electrons. The van der Waals surface area contributed by atoms with E-state index in [1.807, 2.05) is 0 Å². The molecule has 0 saturated heterocycles. The summed E-state index contributed by atoms with van der Waals surface area (Å²) < 4.78 is 6.36. The van der Waals surface area contributed by atoms with E-state index in [9.17, 15) is 4.79 Å². The highest BCUT2D eigenvalue weighted by Crippen LogP contribution is 2.70. The maximum atomic E-state index is 12.4. The Kier molecular flexibility index (Phi) is 7.77. The van der Waals surface area contributed by atoms with Crippen LogP contribution in [-0.4, -0.2) is 12.1 Å². The second-order valence-electron chi connectivity index (χ2n) is 13.5. The van der Waals surface area contributed by atoms with E-state index < -0.39 is 0 Å². The summed E-state index contributed by atoms with van der Waals surface area (Å²) in [4.78, 5) is 12.4.